The van der Waals surface area contributed by atoms with E-state index < -0.39 is 0 Å². The Morgan fingerprint density at radius 3 is 2.60 bits per heavy atom. The van der Waals surface area contributed by atoms with Gasteiger partial charge >= 0.3 is 0 Å². The van der Waals surface area contributed by atoms with Gasteiger partial charge in [0, 0.05) is 24.4 Å². The van der Waals surface area contributed by atoms with Gasteiger partial charge in [-0.2, -0.15) is 0 Å². The van der Waals surface area contributed by atoms with Crippen LogP contribution < -0.4 is 10.5 Å². The molecule has 132 valence electrons. The summed E-state index contributed by atoms with van der Waals surface area (Å²) in [6.45, 7) is 4.94. The predicted molar refractivity (Wildman–Crippen MR) is 97.9 cm³/mol. The molecular weight excluding hydrogens is 316 g/mol. The van der Waals surface area contributed by atoms with Crippen LogP contribution in [0.4, 0.5) is 5.69 Å². The fourth-order valence-electron chi connectivity index (χ4n) is 3.15. The minimum atomic E-state index is -0.221. The van der Waals surface area contributed by atoms with Crippen molar-refractivity contribution in [2.45, 2.75) is 26.1 Å². The molecule has 0 bridgehead atoms. The number of benzene rings is 2. The normalized spacial score (nSPS) is 19.9. The molecule has 5 nitrogen and oxygen atoms in total. The van der Waals surface area contributed by atoms with Crippen LogP contribution in [0.2, 0.25) is 0 Å². The second-order valence-electron chi connectivity index (χ2n) is 6.53. The lowest BCUT2D eigenvalue weighted by atomic mass is 10.0. The number of nitrogen functional groups attached to an aromatic ring is 1. The molecule has 1 fully saturated rings. The molecule has 3 rings (SSSR count). The Morgan fingerprint density at radius 1 is 1.12 bits per heavy atom. The molecule has 2 atom stereocenters. The second kappa shape index (κ2) is 7.15. The molecule has 2 aromatic carbocycles. The van der Waals surface area contributed by atoms with Gasteiger partial charge in [-0.25, -0.2) is 0 Å². The summed E-state index contributed by atoms with van der Waals surface area (Å²) in [6, 6.07) is 13.2. The van der Waals surface area contributed by atoms with E-state index in [1.165, 1.54) is 0 Å². The number of nitrogens with two attached hydrogens (primary N) is 1. The van der Waals surface area contributed by atoms with E-state index in [2.05, 4.69) is 0 Å². The maximum Gasteiger partial charge on any atom is 0.254 e. The number of methoxy groups -OCH3 is 1. The smallest absolute Gasteiger partial charge is 0.254 e. The van der Waals surface area contributed by atoms with E-state index in [1.807, 2.05) is 50.2 Å². The molecule has 5 heteroatoms. The topological polar surface area (TPSA) is 64.8 Å². The molecule has 2 unspecified atom stereocenters. The highest BCUT2D eigenvalue weighted by atomic mass is 16.5. The first-order valence-corrected chi connectivity index (χ1v) is 8.39. The van der Waals surface area contributed by atoms with Gasteiger partial charge in [0.1, 0.15) is 18.0 Å². The first-order chi connectivity index (χ1) is 12.0. The van der Waals surface area contributed by atoms with Gasteiger partial charge in [-0.1, -0.05) is 23.8 Å². The van der Waals surface area contributed by atoms with Crippen molar-refractivity contribution in [2.75, 3.05) is 25.9 Å². The summed E-state index contributed by atoms with van der Waals surface area (Å²) in [5.74, 6) is 0.704. The van der Waals surface area contributed by atoms with Crippen LogP contribution in [0.5, 0.6) is 5.75 Å². The average Bonchev–Trinajstić information content (AvgIpc) is 2.99. The summed E-state index contributed by atoms with van der Waals surface area (Å²) in [6.07, 6.45) is -0.392. The molecule has 1 saturated heterocycles. The van der Waals surface area contributed by atoms with Crippen molar-refractivity contribution >= 4 is 11.6 Å². The molecule has 0 spiro atoms. The van der Waals surface area contributed by atoms with Crippen molar-refractivity contribution < 1.29 is 14.3 Å². The lowest BCUT2D eigenvalue weighted by Crippen LogP contribution is -2.32. The van der Waals surface area contributed by atoms with Crippen molar-refractivity contribution in [3.8, 4) is 5.75 Å². The van der Waals surface area contributed by atoms with E-state index in [0.29, 0.717) is 24.5 Å². The Morgan fingerprint density at radius 2 is 1.88 bits per heavy atom. The zero-order valence-corrected chi connectivity index (χ0v) is 14.9. The summed E-state index contributed by atoms with van der Waals surface area (Å²) in [5, 5.41) is 0. The van der Waals surface area contributed by atoms with Gasteiger partial charge in [-0.05, 0) is 37.6 Å². The lowest BCUT2D eigenvalue weighted by molar-refractivity contribution is 0.0340. The number of likely N-dealkylation sites (tertiary alicyclic amines) is 1. The summed E-state index contributed by atoms with van der Waals surface area (Å²) < 4.78 is 11.6. The number of anilines is 1. The summed E-state index contributed by atoms with van der Waals surface area (Å²) >= 11 is 0. The Bertz CT molecular complexity index is 775. The van der Waals surface area contributed by atoms with Crippen molar-refractivity contribution in [3.63, 3.8) is 0 Å². The highest BCUT2D eigenvalue weighted by Crippen LogP contribution is 2.24. The van der Waals surface area contributed by atoms with Gasteiger partial charge in [0.05, 0.1) is 13.1 Å². The number of rotatable bonds is 4. The number of aryl methyl sites for hydroxylation is 2. The molecule has 2 aromatic rings. The highest BCUT2D eigenvalue weighted by molar-refractivity contribution is 5.96. The van der Waals surface area contributed by atoms with Crippen LogP contribution >= 0.6 is 0 Å². The van der Waals surface area contributed by atoms with E-state index in [-0.39, 0.29) is 18.1 Å². The van der Waals surface area contributed by atoms with Crippen LogP contribution in [0, 0.1) is 13.8 Å². The Labute approximate surface area is 148 Å². The standard InChI is InChI=1S/C20H24N2O3/c1-13-7-8-14(2)17(9-13)20(23)22-11-18(24-3)19(12-22)25-16-6-4-5-15(21)10-16/h4-10,18-19H,11-12,21H2,1-3H3. The minimum Gasteiger partial charge on any atom is -0.486 e. The largest absolute Gasteiger partial charge is 0.486 e. The van der Waals surface area contributed by atoms with Crippen LogP contribution in [0.3, 0.4) is 0 Å². The summed E-state index contributed by atoms with van der Waals surface area (Å²) in [5.41, 5.74) is 9.24. The van der Waals surface area contributed by atoms with Crippen molar-refractivity contribution in [1.82, 2.24) is 4.90 Å². The van der Waals surface area contributed by atoms with Crippen LogP contribution in [-0.4, -0.2) is 43.2 Å². The fourth-order valence-corrected chi connectivity index (χ4v) is 3.15. The minimum absolute atomic E-state index is 0.0157. The average molecular weight is 340 g/mol. The molecule has 1 aliphatic heterocycles. The maximum absolute atomic E-state index is 12.9. The third-order valence-corrected chi connectivity index (χ3v) is 4.57. The molecular formula is C20H24N2O3. The zero-order valence-electron chi connectivity index (χ0n) is 14.9. The zero-order chi connectivity index (χ0) is 18.0. The van der Waals surface area contributed by atoms with Crippen molar-refractivity contribution in [2.24, 2.45) is 0 Å². The SMILES string of the molecule is COC1CN(C(=O)c2cc(C)ccc2C)CC1Oc1cccc(N)c1. The number of ether oxygens (including phenoxy) is 2. The van der Waals surface area contributed by atoms with Gasteiger partial charge in [0.15, 0.2) is 0 Å². The number of carbonyl (C=O) groups is 1. The second-order valence-corrected chi connectivity index (χ2v) is 6.53. The summed E-state index contributed by atoms with van der Waals surface area (Å²) in [7, 11) is 1.65. The van der Waals surface area contributed by atoms with E-state index in [0.717, 1.165) is 16.7 Å². The van der Waals surface area contributed by atoms with E-state index >= 15 is 0 Å². The Balaban J connectivity index is 1.76. The first-order valence-electron chi connectivity index (χ1n) is 8.39. The molecule has 1 aliphatic rings. The van der Waals surface area contributed by atoms with Gasteiger partial charge in [-0.15, -0.1) is 0 Å². The van der Waals surface area contributed by atoms with E-state index in [9.17, 15) is 4.79 Å². The first kappa shape index (κ1) is 17.3. The summed E-state index contributed by atoms with van der Waals surface area (Å²) in [4.78, 5) is 14.7. The molecule has 1 amide bonds. The highest BCUT2D eigenvalue weighted by Gasteiger charge is 2.37. The maximum atomic E-state index is 12.9. The van der Waals surface area contributed by atoms with Crippen LogP contribution in [-0.2, 0) is 4.74 Å². The van der Waals surface area contributed by atoms with Crippen LogP contribution in [0.1, 0.15) is 21.5 Å². The number of hydrogen-bond acceptors (Lipinski definition) is 4. The number of hydrogen-bond donors (Lipinski definition) is 1. The number of nitrogens with zero attached hydrogens (tertiary/aromatic N) is 1. The predicted octanol–water partition coefficient (Wildman–Crippen LogP) is 2.80. The molecule has 0 saturated carbocycles. The Kier molecular flexibility index (Phi) is 4.95. The van der Waals surface area contributed by atoms with Gasteiger partial charge < -0.3 is 20.1 Å². The molecule has 2 N–H and O–H groups in total. The van der Waals surface area contributed by atoms with Crippen LogP contribution in [0.25, 0.3) is 0 Å². The van der Waals surface area contributed by atoms with Gasteiger partial charge in [-0.3, -0.25) is 4.79 Å². The molecule has 25 heavy (non-hydrogen) atoms. The van der Waals surface area contributed by atoms with E-state index in [4.69, 9.17) is 15.2 Å². The molecule has 1 heterocycles. The lowest BCUT2D eigenvalue weighted by Gasteiger charge is -2.19. The number of amides is 1. The quantitative estimate of drug-likeness (QED) is 0.869. The van der Waals surface area contributed by atoms with Gasteiger partial charge in [0.2, 0.25) is 0 Å². The monoisotopic (exact) mass is 340 g/mol. The molecule has 0 aliphatic carbocycles. The van der Waals surface area contributed by atoms with E-state index in [1.54, 1.807) is 18.1 Å². The Hall–Kier alpha value is -2.53. The third kappa shape index (κ3) is 3.77. The van der Waals surface area contributed by atoms with Gasteiger partial charge in [0.25, 0.3) is 5.91 Å². The van der Waals surface area contributed by atoms with Crippen molar-refractivity contribution in [3.05, 3.63) is 59.2 Å². The van der Waals surface area contributed by atoms with Crippen LogP contribution in [0.15, 0.2) is 42.5 Å². The third-order valence-electron chi connectivity index (χ3n) is 4.57. The fraction of sp³-hybridized carbons (Fsp3) is 0.350. The number of carbonyl (C=O) groups excluding carboxylic acids is 1. The molecule has 0 radical (unpaired) electrons. The molecule has 0 aromatic heterocycles. The van der Waals surface area contributed by atoms with Crippen molar-refractivity contribution in [1.29, 1.82) is 0 Å².